The van der Waals surface area contributed by atoms with Gasteiger partial charge in [-0.3, -0.25) is 9.20 Å². The summed E-state index contributed by atoms with van der Waals surface area (Å²) in [4.78, 5) is 26.4. The summed E-state index contributed by atoms with van der Waals surface area (Å²) >= 11 is 0. The minimum atomic E-state index is -0.180. The average Bonchev–Trinajstić information content (AvgIpc) is 3.49. The highest BCUT2D eigenvalue weighted by atomic mass is 16.1. The maximum atomic E-state index is 12.8. The number of carbonyl (C=O) groups excluding carboxylic acids is 1. The van der Waals surface area contributed by atoms with Gasteiger partial charge < -0.3 is 15.2 Å². The van der Waals surface area contributed by atoms with Crippen molar-refractivity contribution in [2.24, 2.45) is 0 Å². The Bertz CT molecular complexity index is 1420. The predicted octanol–water partition coefficient (Wildman–Crippen LogP) is 4.45. The van der Waals surface area contributed by atoms with Crippen molar-refractivity contribution in [2.75, 3.05) is 17.2 Å². The molecule has 33 heavy (non-hydrogen) atoms. The molecular formula is C25H25N7O. The molecule has 0 unspecified atom stereocenters. The monoisotopic (exact) mass is 439 g/mol. The molecule has 0 saturated heterocycles. The zero-order valence-electron chi connectivity index (χ0n) is 18.6. The van der Waals surface area contributed by atoms with Crippen molar-refractivity contribution in [1.82, 2.24) is 23.9 Å². The van der Waals surface area contributed by atoms with E-state index < -0.39 is 0 Å². The summed E-state index contributed by atoms with van der Waals surface area (Å²) in [7, 11) is 0. The Hall–Kier alpha value is -4.20. The Morgan fingerprint density at radius 3 is 2.70 bits per heavy atom. The van der Waals surface area contributed by atoms with Crippen molar-refractivity contribution < 1.29 is 4.79 Å². The van der Waals surface area contributed by atoms with Crippen LogP contribution in [0.25, 0.3) is 16.7 Å². The van der Waals surface area contributed by atoms with Gasteiger partial charge in [-0.15, -0.1) is 0 Å². The van der Waals surface area contributed by atoms with E-state index in [1.54, 1.807) is 24.5 Å². The second kappa shape index (κ2) is 8.74. The molecule has 0 saturated carbocycles. The number of amides is 1. The van der Waals surface area contributed by atoms with E-state index in [-0.39, 0.29) is 5.91 Å². The lowest BCUT2D eigenvalue weighted by molar-refractivity contribution is 0.102. The van der Waals surface area contributed by atoms with Crippen LogP contribution in [0.4, 0.5) is 11.6 Å². The summed E-state index contributed by atoms with van der Waals surface area (Å²) in [5, 5.41) is 6.45. The van der Waals surface area contributed by atoms with Gasteiger partial charge in [-0.25, -0.2) is 15.0 Å². The molecule has 0 radical (unpaired) electrons. The minimum Gasteiger partial charge on any atom is -0.367 e. The van der Waals surface area contributed by atoms with Crippen LogP contribution in [0.3, 0.4) is 0 Å². The van der Waals surface area contributed by atoms with Gasteiger partial charge in [0.05, 0.1) is 23.6 Å². The summed E-state index contributed by atoms with van der Waals surface area (Å²) in [6, 6.07) is 13.3. The quantitative estimate of drug-likeness (QED) is 0.366. The lowest BCUT2D eigenvalue weighted by Crippen LogP contribution is -2.14. The average molecular weight is 440 g/mol. The van der Waals surface area contributed by atoms with Gasteiger partial charge >= 0.3 is 0 Å². The number of aryl methyl sites for hydroxylation is 3. The van der Waals surface area contributed by atoms with Crippen LogP contribution < -0.4 is 10.6 Å². The van der Waals surface area contributed by atoms with Crippen LogP contribution in [0.15, 0.2) is 67.4 Å². The van der Waals surface area contributed by atoms with Gasteiger partial charge in [0.15, 0.2) is 11.5 Å². The Morgan fingerprint density at radius 2 is 1.91 bits per heavy atom. The third-order valence-corrected chi connectivity index (χ3v) is 5.76. The smallest absolute Gasteiger partial charge is 0.256 e. The number of imidazole rings is 2. The number of carbonyl (C=O) groups is 1. The number of aromatic nitrogens is 5. The molecule has 166 valence electrons. The summed E-state index contributed by atoms with van der Waals surface area (Å²) in [6.07, 6.45) is 8.14. The van der Waals surface area contributed by atoms with E-state index in [0.29, 0.717) is 22.8 Å². The fraction of sp³-hybridized carbons (Fsp3) is 0.200. The molecule has 2 aromatic carbocycles. The third kappa shape index (κ3) is 4.15. The molecule has 1 amide bonds. The largest absolute Gasteiger partial charge is 0.367 e. The zero-order valence-corrected chi connectivity index (χ0v) is 18.6. The molecule has 0 aliphatic carbocycles. The van der Waals surface area contributed by atoms with Gasteiger partial charge in [0, 0.05) is 31.0 Å². The van der Waals surface area contributed by atoms with Crippen molar-refractivity contribution in [3.05, 3.63) is 84.1 Å². The second-order valence-electron chi connectivity index (χ2n) is 8.09. The summed E-state index contributed by atoms with van der Waals surface area (Å²) in [6.45, 7) is 5.74. The first-order valence-electron chi connectivity index (χ1n) is 10.9. The standard InChI is InChI=1S/C25H25N7O/c1-17-13-20-21(14-18(17)2)32-22(30-25(33)19-7-4-3-5-8-19)15-28-24(32)23(29-20)27-9-6-11-31-12-10-26-16-31/h3-5,7-8,10,12-16H,6,9,11H2,1-2H3,(H,27,29)(H,30,33). The summed E-state index contributed by atoms with van der Waals surface area (Å²) in [5.74, 6) is 1.12. The van der Waals surface area contributed by atoms with E-state index in [9.17, 15) is 4.79 Å². The Morgan fingerprint density at radius 1 is 1.09 bits per heavy atom. The number of anilines is 2. The molecular weight excluding hydrogens is 414 g/mol. The SMILES string of the molecule is Cc1cc2nc(NCCCn3ccnc3)c3ncc(NC(=O)c4ccccc4)n3c2cc1C. The normalized spacial score (nSPS) is 11.2. The predicted molar refractivity (Wildman–Crippen MR) is 130 cm³/mol. The highest BCUT2D eigenvalue weighted by Crippen LogP contribution is 2.27. The van der Waals surface area contributed by atoms with Crippen LogP contribution in [0.5, 0.6) is 0 Å². The topological polar surface area (TPSA) is 89.1 Å². The highest BCUT2D eigenvalue weighted by molar-refractivity contribution is 6.04. The van der Waals surface area contributed by atoms with Crippen LogP contribution in [0, 0.1) is 13.8 Å². The molecule has 3 aromatic heterocycles. The van der Waals surface area contributed by atoms with Crippen LogP contribution >= 0.6 is 0 Å². The van der Waals surface area contributed by atoms with Gasteiger partial charge in [0.1, 0.15) is 5.82 Å². The van der Waals surface area contributed by atoms with Crippen molar-refractivity contribution >= 4 is 34.2 Å². The molecule has 0 fully saturated rings. The van der Waals surface area contributed by atoms with Crippen LogP contribution in [-0.4, -0.2) is 36.4 Å². The summed E-state index contributed by atoms with van der Waals surface area (Å²) in [5.41, 5.74) is 5.33. The van der Waals surface area contributed by atoms with Gasteiger partial charge in [-0.05, 0) is 55.7 Å². The molecule has 0 spiro atoms. The minimum absolute atomic E-state index is 0.180. The zero-order chi connectivity index (χ0) is 22.8. The fourth-order valence-electron chi connectivity index (χ4n) is 3.86. The molecule has 0 atom stereocenters. The molecule has 8 nitrogen and oxygen atoms in total. The molecule has 5 aromatic rings. The molecule has 0 aliphatic heterocycles. The number of fused-ring (bicyclic) bond motifs is 3. The molecule has 3 heterocycles. The number of nitrogens with one attached hydrogen (secondary N) is 2. The second-order valence-corrected chi connectivity index (χ2v) is 8.09. The van der Waals surface area contributed by atoms with E-state index in [2.05, 4.69) is 46.6 Å². The van der Waals surface area contributed by atoms with E-state index in [1.165, 1.54) is 0 Å². The number of rotatable bonds is 7. The lowest BCUT2D eigenvalue weighted by Gasteiger charge is -2.13. The molecule has 8 heteroatoms. The van der Waals surface area contributed by atoms with Crippen molar-refractivity contribution in [1.29, 1.82) is 0 Å². The van der Waals surface area contributed by atoms with E-state index in [0.717, 1.165) is 41.7 Å². The first-order chi connectivity index (χ1) is 16.1. The lowest BCUT2D eigenvalue weighted by atomic mass is 10.1. The van der Waals surface area contributed by atoms with Crippen molar-refractivity contribution in [3.8, 4) is 0 Å². The van der Waals surface area contributed by atoms with Crippen LogP contribution in [-0.2, 0) is 6.54 Å². The number of hydrogen-bond acceptors (Lipinski definition) is 5. The Kier molecular flexibility index (Phi) is 5.48. The molecule has 2 N–H and O–H groups in total. The summed E-state index contributed by atoms with van der Waals surface area (Å²) < 4.78 is 4.01. The fourth-order valence-corrected chi connectivity index (χ4v) is 3.86. The van der Waals surface area contributed by atoms with Gasteiger partial charge in [-0.2, -0.15) is 0 Å². The van der Waals surface area contributed by atoms with E-state index in [1.807, 2.05) is 39.7 Å². The maximum Gasteiger partial charge on any atom is 0.256 e. The molecule has 5 rings (SSSR count). The number of benzene rings is 2. The van der Waals surface area contributed by atoms with E-state index in [4.69, 9.17) is 4.98 Å². The Balaban J connectivity index is 1.50. The van der Waals surface area contributed by atoms with Crippen LogP contribution in [0.2, 0.25) is 0 Å². The number of hydrogen-bond donors (Lipinski definition) is 2. The van der Waals surface area contributed by atoms with Crippen LogP contribution in [0.1, 0.15) is 27.9 Å². The van der Waals surface area contributed by atoms with Crippen molar-refractivity contribution in [3.63, 3.8) is 0 Å². The third-order valence-electron chi connectivity index (χ3n) is 5.76. The van der Waals surface area contributed by atoms with Gasteiger partial charge in [-0.1, -0.05) is 18.2 Å². The van der Waals surface area contributed by atoms with Crippen molar-refractivity contribution in [2.45, 2.75) is 26.8 Å². The molecule has 0 aliphatic rings. The van der Waals surface area contributed by atoms with E-state index >= 15 is 0 Å². The first-order valence-corrected chi connectivity index (χ1v) is 10.9. The highest BCUT2D eigenvalue weighted by Gasteiger charge is 2.16. The number of nitrogens with zero attached hydrogens (tertiary/aromatic N) is 5. The Labute approximate surface area is 191 Å². The van der Waals surface area contributed by atoms with Gasteiger partial charge in [0.25, 0.3) is 5.91 Å². The van der Waals surface area contributed by atoms with Gasteiger partial charge in [0.2, 0.25) is 0 Å². The maximum absolute atomic E-state index is 12.8. The molecule has 0 bridgehead atoms. The first kappa shape index (κ1) is 20.7.